The summed E-state index contributed by atoms with van der Waals surface area (Å²) < 4.78 is 6.01. The Bertz CT molecular complexity index is 470. The van der Waals surface area contributed by atoms with Crippen LogP contribution in [0.1, 0.15) is 5.56 Å². The molecule has 2 heterocycles. The van der Waals surface area contributed by atoms with Gasteiger partial charge in [-0.2, -0.15) is 0 Å². The first-order valence-electron chi connectivity index (χ1n) is 6.01. The minimum Gasteiger partial charge on any atom is -0.478 e. The molecular weight excluding hydrogens is 214 g/mol. The predicted molar refractivity (Wildman–Crippen MR) is 69.2 cm³/mol. The SMILES string of the molecule is Cc1ccc2c(c1)N(C)C[C@H](C1=NCCN1)O2. The maximum atomic E-state index is 6.01. The summed E-state index contributed by atoms with van der Waals surface area (Å²) in [7, 11) is 2.10. The number of rotatable bonds is 1. The van der Waals surface area contributed by atoms with Crippen molar-refractivity contribution in [2.24, 2.45) is 4.99 Å². The first-order valence-corrected chi connectivity index (χ1v) is 6.01. The van der Waals surface area contributed by atoms with E-state index in [2.05, 4.69) is 41.3 Å². The summed E-state index contributed by atoms with van der Waals surface area (Å²) in [5.41, 5.74) is 2.42. The molecule has 0 amide bonds. The molecule has 3 rings (SSSR count). The molecule has 0 saturated heterocycles. The Morgan fingerprint density at radius 3 is 3.12 bits per heavy atom. The zero-order chi connectivity index (χ0) is 11.8. The van der Waals surface area contributed by atoms with Crippen molar-refractivity contribution in [1.29, 1.82) is 0 Å². The summed E-state index contributed by atoms with van der Waals surface area (Å²) in [5.74, 6) is 1.94. The van der Waals surface area contributed by atoms with Crippen LogP contribution in [0.4, 0.5) is 5.69 Å². The van der Waals surface area contributed by atoms with Crippen molar-refractivity contribution in [2.45, 2.75) is 13.0 Å². The van der Waals surface area contributed by atoms with Gasteiger partial charge >= 0.3 is 0 Å². The van der Waals surface area contributed by atoms with Gasteiger partial charge in [0, 0.05) is 13.6 Å². The van der Waals surface area contributed by atoms with Crippen molar-refractivity contribution < 1.29 is 4.74 Å². The van der Waals surface area contributed by atoms with Crippen molar-refractivity contribution in [2.75, 3.05) is 31.6 Å². The molecule has 1 atom stereocenters. The highest BCUT2D eigenvalue weighted by Crippen LogP contribution is 2.33. The highest BCUT2D eigenvalue weighted by molar-refractivity contribution is 5.89. The highest BCUT2D eigenvalue weighted by atomic mass is 16.5. The van der Waals surface area contributed by atoms with E-state index in [1.165, 1.54) is 11.3 Å². The normalized spacial score (nSPS) is 22.6. The Morgan fingerprint density at radius 1 is 1.47 bits per heavy atom. The zero-order valence-corrected chi connectivity index (χ0v) is 10.2. The van der Waals surface area contributed by atoms with Gasteiger partial charge in [-0.3, -0.25) is 4.99 Å². The molecule has 0 fully saturated rings. The number of aliphatic imine (C=N–C) groups is 1. The summed E-state index contributed by atoms with van der Waals surface area (Å²) in [4.78, 5) is 6.67. The van der Waals surface area contributed by atoms with E-state index in [-0.39, 0.29) is 6.10 Å². The fraction of sp³-hybridized carbons (Fsp3) is 0.462. The zero-order valence-electron chi connectivity index (χ0n) is 10.2. The van der Waals surface area contributed by atoms with Crippen LogP contribution in [-0.4, -0.2) is 38.6 Å². The molecule has 0 radical (unpaired) electrons. The number of aryl methyl sites for hydroxylation is 1. The lowest BCUT2D eigenvalue weighted by atomic mass is 10.1. The van der Waals surface area contributed by atoms with Crippen LogP contribution in [-0.2, 0) is 0 Å². The molecule has 4 nitrogen and oxygen atoms in total. The molecule has 2 aliphatic heterocycles. The van der Waals surface area contributed by atoms with E-state index in [4.69, 9.17) is 4.74 Å². The van der Waals surface area contributed by atoms with Crippen LogP contribution in [0.2, 0.25) is 0 Å². The standard InChI is InChI=1S/C13H17N3O/c1-9-3-4-11-10(7-9)16(2)8-12(17-11)13-14-5-6-15-13/h3-4,7,12H,5-6,8H2,1-2H3,(H,14,15)/t12-/m1/s1. The maximum absolute atomic E-state index is 6.01. The lowest BCUT2D eigenvalue weighted by molar-refractivity contribution is 0.256. The molecular formula is C13H17N3O. The second-order valence-electron chi connectivity index (χ2n) is 4.65. The molecule has 0 unspecified atom stereocenters. The Hall–Kier alpha value is -1.71. The van der Waals surface area contributed by atoms with Crippen molar-refractivity contribution in [3.8, 4) is 5.75 Å². The quantitative estimate of drug-likeness (QED) is 0.789. The first-order chi connectivity index (χ1) is 8.24. The highest BCUT2D eigenvalue weighted by Gasteiger charge is 2.28. The average molecular weight is 231 g/mol. The van der Waals surface area contributed by atoms with Gasteiger partial charge in [0.1, 0.15) is 11.6 Å². The van der Waals surface area contributed by atoms with Crippen molar-refractivity contribution in [3.63, 3.8) is 0 Å². The van der Waals surface area contributed by atoms with Gasteiger partial charge in [-0.1, -0.05) is 6.07 Å². The first kappa shape index (κ1) is 10.4. The van der Waals surface area contributed by atoms with E-state index >= 15 is 0 Å². The Kier molecular flexibility index (Phi) is 2.42. The van der Waals surface area contributed by atoms with Crippen LogP contribution in [0.5, 0.6) is 5.75 Å². The van der Waals surface area contributed by atoms with Crippen molar-refractivity contribution in [1.82, 2.24) is 5.32 Å². The fourth-order valence-electron chi connectivity index (χ4n) is 2.34. The molecule has 90 valence electrons. The number of ether oxygens (including phenoxy) is 1. The van der Waals surface area contributed by atoms with Gasteiger partial charge in [-0.25, -0.2) is 0 Å². The summed E-state index contributed by atoms with van der Waals surface area (Å²) in [6, 6.07) is 6.29. The number of hydrogen-bond donors (Lipinski definition) is 1. The number of anilines is 1. The van der Waals surface area contributed by atoms with E-state index in [0.29, 0.717) is 0 Å². The van der Waals surface area contributed by atoms with Gasteiger partial charge in [-0.15, -0.1) is 0 Å². The summed E-state index contributed by atoms with van der Waals surface area (Å²) in [6.45, 7) is 4.74. The number of likely N-dealkylation sites (N-methyl/N-ethyl adjacent to an activating group) is 1. The van der Waals surface area contributed by atoms with Crippen LogP contribution in [0, 0.1) is 6.92 Å². The van der Waals surface area contributed by atoms with Gasteiger partial charge in [0.2, 0.25) is 0 Å². The topological polar surface area (TPSA) is 36.9 Å². The average Bonchev–Trinajstić information content (AvgIpc) is 2.83. The number of nitrogens with one attached hydrogen (secondary N) is 1. The lowest BCUT2D eigenvalue weighted by Gasteiger charge is -2.34. The molecule has 0 aliphatic carbocycles. The summed E-state index contributed by atoms with van der Waals surface area (Å²) >= 11 is 0. The van der Waals surface area contributed by atoms with Crippen LogP contribution >= 0.6 is 0 Å². The Balaban J connectivity index is 1.90. The number of fused-ring (bicyclic) bond motifs is 1. The third-order valence-electron chi connectivity index (χ3n) is 3.24. The number of benzene rings is 1. The predicted octanol–water partition coefficient (Wildman–Crippen LogP) is 1.19. The van der Waals surface area contributed by atoms with Crippen LogP contribution < -0.4 is 15.0 Å². The largest absolute Gasteiger partial charge is 0.478 e. The van der Waals surface area contributed by atoms with Gasteiger partial charge in [0.15, 0.2) is 6.10 Å². The third-order valence-corrected chi connectivity index (χ3v) is 3.24. The number of amidine groups is 1. The number of hydrogen-bond acceptors (Lipinski definition) is 4. The lowest BCUT2D eigenvalue weighted by Crippen LogP contribution is -2.46. The molecule has 2 aliphatic rings. The Labute approximate surface area is 101 Å². The van der Waals surface area contributed by atoms with E-state index in [1.54, 1.807) is 0 Å². The second-order valence-corrected chi connectivity index (χ2v) is 4.65. The van der Waals surface area contributed by atoms with Gasteiger partial charge in [0.25, 0.3) is 0 Å². The molecule has 1 aromatic carbocycles. The van der Waals surface area contributed by atoms with E-state index in [1.807, 2.05) is 6.07 Å². The summed E-state index contributed by atoms with van der Waals surface area (Å²) in [5, 5.41) is 3.29. The fourth-order valence-corrected chi connectivity index (χ4v) is 2.34. The smallest absolute Gasteiger partial charge is 0.173 e. The van der Waals surface area contributed by atoms with E-state index in [9.17, 15) is 0 Å². The van der Waals surface area contributed by atoms with Crippen LogP contribution in [0.25, 0.3) is 0 Å². The summed E-state index contributed by atoms with van der Waals surface area (Å²) in [6.07, 6.45) is 0.0395. The van der Waals surface area contributed by atoms with Crippen LogP contribution in [0.3, 0.4) is 0 Å². The molecule has 1 N–H and O–H groups in total. The van der Waals surface area contributed by atoms with Gasteiger partial charge in [0.05, 0.1) is 18.8 Å². The van der Waals surface area contributed by atoms with Gasteiger partial charge in [-0.05, 0) is 24.6 Å². The Morgan fingerprint density at radius 2 is 2.35 bits per heavy atom. The maximum Gasteiger partial charge on any atom is 0.173 e. The van der Waals surface area contributed by atoms with Gasteiger partial charge < -0.3 is 15.0 Å². The molecule has 0 spiro atoms. The molecule has 1 aromatic rings. The molecule has 4 heteroatoms. The second kappa shape index (κ2) is 3.95. The van der Waals surface area contributed by atoms with E-state index in [0.717, 1.165) is 31.2 Å². The molecule has 17 heavy (non-hydrogen) atoms. The number of nitrogens with zero attached hydrogens (tertiary/aromatic N) is 2. The van der Waals surface area contributed by atoms with Crippen molar-refractivity contribution in [3.05, 3.63) is 23.8 Å². The minimum atomic E-state index is 0.0395. The minimum absolute atomic E-state index is 0.0395. The van der Waals surface area contributed by atoms with Crippen LogP contribution in [0.15, 0.2) is 23.2 Å². The molecule has 0 saturated carbocycles. The molecule has 0 bridgehead atoms. The van der Waals surface area contributed by atoms with Crippen molar-refractivity contribution >= 4 is 11.5 Å². The third kappa shape index (κ3) is 1.84. The van der Waals surface area contributed by atoms with E-state index < -0.39 is 0 Å². The monoisotopic (exact) mass is 231 g/mol. The molecule has 0 aromatic heterocycles.